The van der Waals surface area contributed by atoms with E-state index in [1.807, 2.05) is 6.92 Å². The molecule has 8 nitrogen and oxygen atoms in total. The molecule has 0 saturated carbocycles. The molecule has 3 aromatic rings. The Bertz CT molecular complexity index is 1330. The van der Waals surface area contributed by atoms with Gasteiger partial charge in [0.2, 0.25) is 0 Å². The molecule has 3 aromatic carbocycles. The van der Waals surface area contributed by atoms with Crippen molar-refractivity contribution in [1.82, 2.24) is 5.43 Å². The maximum atomic E-state index is 13.6. The van der Waals surface area contributed by atoms with Crippen LogP contribution < -0.4 is 19.2 Å². The fraction of sp³-hybridized carbons (Fsp3) is 0.167. The van der Waals surface area contributed by atoms with Crippen LogP contribution in [0, 0.1) is 6.92 Å². The molecule has 0 heterocycles. The lowest BCUT2D eigenvalue weighted by Gasteiger charge is -2.25. The second-order valence-electron chi connectivity index (χ2n) is 7.29. The van der Waals surface area contributed by atoms with Crippen LogP contribution in [0.5, 0.6) is 11.5 Å². The lowest BCUT2D eigenvalue weighted by Crippen LogP contribution is -2.39. The molecule has 0 aromatic heterocycles. The first kappa shape index (κ1) is 26.3. The second kappa shape index (κ2) is 11.4. The van der Waals surface area contributed by atoms with Crippen molar-refractivity contribution in [1.29, 1.82) is 0 Å². The Balaban J connectivity index is 1.95. The van der Waals surface area contributed by atoms with Gasteiger partial charge in [0, 0.05) is 11.6 Å². The van der Waals surface area contributed by atoms with E-state index in [9.17, 15) is 13.2 Å². The third-order valence-corrected chi connectivity index (χ3v) is 7.37. The van der Waals surface area contributed by atoms with Gasteiger partial charge in [-0.2, -0.15) is 5.10 Å². The molecule has 11 heteroatoms. The Morgan fingerprint density at radius 2 is 1.69 bits per heavy atom. The average Bonchev–Trinajstić information content (AvgIpc) is 2.84. The molecule has 0 aliphatic rings. The number of aryl methyl sites for hydroxylation is 1. The predicted molar refractivity (Wildman–Crippen MR) is 137 cm³/mol. The number of nitrogens with one attached hydrogen (secondary N) is 1. The van der Waals surface area contributed by atoms with E-state index in [2.05, 4.69) is 10.5 Å². The summed E-state index contributed by atoms with van der Waals surface area (Å²) in [5.74, 6) is -0.0267. The molecule has 1 N–H and O–H groups in total. The predicted octanol–water partition coefficient (Wildman–Crippen LogP) is 4.66. The zero-order chi connectivity index (χ0) is 25.6. The molecular formula is C24H23Cl2N3O5S. The van der Waals surface area contributed by atoms with Gasteiger partial charge < -0.3 is 9.47 Å². The number of amides is 1. The highest BCUT2D eigenvalue weighted by Crippen LogP contribution is 2.35. The van der Waals surface area contributed by atoms with Crippen molar-refractivity contribution < 1.29 is 22.7 Å². The summed E-state index contributed by atoms with van der Waals surface area (Å²) in [5, 5.41) is 4.58. The van der Waals surface area contributed by atoms with Crippen molar-refractivity contribution in [2.75, 3.05) is 25.1 Å². The molecule has 1 amide bonds. The van der Waals surface area contributed by atoms with Crippen molar-refractivity contribution in [3.05, 3.63) is 81.8 Å². The molecule has 3 rings (SSSR count). The number of carbonyl (C=O) groups is 1. The lowest BCUT2D eigenvalue weighted by atomic mass is 10.2. The minimum atomic E-state index is -4.15. The highest BCUT2D eigenvalue weighted by molar-refractivity contribution is 7.92. The zero-order valence-electron chi connectivity index (χ0n) is 19.2. The highest BCUT2D eigenvalue weighted by Gasteiger charge is 2.29. The molecule has 0 spiro atoms. The molecule has 0 aliphatic carbocycles. The van der Waals surface area contributed by atoms with Crippen molar-refractivity contribution in [2.24, 2.45) is 5.10 Å². The Hall–Kier alpha value is -3.27. The molecule has 184 valence electrons. The third-order valence-electron chi connectivity index (χ3n) is 4.93. The number of ether oxygens (including phenoxy) is 2. The highest BCUT2D eigenvalue weighted by atomic mass is 35.5. The van der Waals surface area contributed by atoms with Crippen molar-refractivity contribution >= 4 is 51.0 Å². The molecule has 0 fully saturated rings. The monoisotopic (exact) mass is 535 g/mol. The molecule has 0 bridgehead atoms. The van der Waals surface area contributed by atoms with Crippen LogP contribution in [-0.2, 0) is 14.8 Å². The topological polar surface area (TPSA) is 97.3 Å². The summed E-state index contributed by atoms with van der Waals surface area (Å²) in [7, 11) is -1.28. The van der Waals surface area contributed by atoms with Gasteiger partial charge >= 0.3 is 0 Å². The van der Waals surface area contributed by atoms with Crippen molar-refractivity contribution in [3.8, 4) is 11.5 Å². The summed E-state index contributed by atoms with van der Waals surface area (Å²) in [5.41, 5.74) is 3.78. The minimum absolute atomic E-state index is 0.0140. The number of hydrogen-bond donors (Lipinski definition) is 1. The first-order valence-electron chi connectivity index (χ1n) is 10.2. The number of sulfonamides is 1. The molecule has 0 radical (unpaired) electrons. The van der Waals surface area contributed by atoms with Gasteiger partial charge in [0.05, 0.1) is 41.1 Å². The third kappa shape index (κ3) is 6.25. The van der Waals surface area contributed by atoms with Crippen LogP contribution >= 0.6 is 23.2 Å². The van der Waals surface area contributed by atoms with Crippen LogP contribution in [0.2, 0.25) is 10.0 Å². The summed E-state index contributed by atoms with van der Waals surface area (Å²) < 4.78 is 38.7. The summed E-state index contributed by atoms with van der Waals surface area (Å²) >= 11 is 12.2. The van der Waals surface area contributed by atoms with Crippen LogP contribution in [0.25, 0.3) is 0 Å². The number of rotatable bonds is 9. The largest absolute Gasteiger partial charge is 0.497 e. The van der Waals surface area contributed by atoms with Crippen LogP contribution in [0.1, 0.15) is 11.1 Å². The van der Waals surface area contributed by atoms with Gasteiger partial charge in [-0.25, -0.2) is 13.8 Å². The van der Waals surface area contributed by atoms with Gasteiger partial charge in [0.25, 0.3) is 15.9 Å². The Morgan fingerprint density at radius 1 is 1.03 bits per heavy atom. The Labute approximate surface area is 214 Å². The van der Waals surface area contributed by atoms with E-state index in [1.54, 1.807) is 36.4 Å². The molecule has 0 saturated heterocycles. The molecule has 0 atom stereocenters. The lowest BCUT2D eigenvalue weighted by molar-refractivity contribution is -0.119. The fourth-order valence-electron chi connectivity index (χ4n) is 3.10. The minimum Gasteiger partial charge on any atom is -0.497 e. The van der Waals surface area contributed by atoms with E-state index in [0.717, 1.165) is 9.87 Å². The van der Waals surface area contributed by atoms with Crippen molar-refractivity contribution in [3.63, 3.8) is 0 Å². The van der Waals surface area contributed by atoms with E-state index < -0.39 is 22.5 Å². The number of methoxy groups -OCH3 is 2. The maximum Gasteiger partial charge on any atom is 0.264 e. The van der Waals surface area contributed by atoms with Crippen molar-refractivity contribution in [2.45, 2.75) is 11.8 Å². The van der Waals surface area contributed by atoms with Gasteiger partial charge in [-0.1, -0.05) is 47.0 Å². The van der Waals surface area contributed by atoms with E-state index in [4.69, 9.17) is 32.7 Å². The number of hydrazone groups is 1. The van der Waals surface area contributed by atoms with Gasteiger partial charge in [0.1, 0.15) is 18.0 Å². The number of hydrogen-bond acceptors (Lipinski definition) is 6. The van der Waals surface area contributed by atoms with Crippen LogP contribution in [0.4, 0.5) is 5.69 Å². The molecular weight excluding hydrogens is 513 g/mol. The van der Waals surface area contributed by atoms with E-state index in [-0.39, 0.29) is 16.3 Å². The first-order valence-corrected chi connectivity index (χ1v) is 12.4. The van der Waals surface area contributed by atoms with Gasteiger partial charge in [-0.3, -0.25) is 9.10 Å². The first-order chi connectivity index (χ1) is 16.7. The number of halogens is 2. The quantitative estimate of drug-likeness (QED) is 0.317. The second-order valence-corrected chi connectivity index (χ2v) is 9.97. The summed E-state index contributed by atoms with van der Waals surface area (Å²) in [6.07, 6.45) is 1.29. The van der Waals surface area contributed by atoms with Gasteiger partial charge in [-0.05, 0) is 43.3 Å². The summed E-state index contributed by atoms with van der Waals surface area (Å²) in [4.78, 5) is 12.8. The van der Waals surface area contributed by atoms with E-state index in [1.165, 1.54) is 44.7 Å². The SMILES string of the molecule is COc1ccc(N(CC(=O)N/N=C\c2c(Cl)cccc2Cl)S(=O)(=O)c2ccc(C)cc2)c(OC)c1. The Kier molecular flexibility index (Phi) is 8.61. The number of nitrogens with zero attached hydrogens (tertiary/aromatic N) is 2. The Morgan fingerprint density at radius 3 is 2.29 bits per heavy atom. The number of benzene rings is 3. The zero-order valence-corrected chi connectivity index (χ0v) is 21.5. The summed E-state index contributed by atoms with van der Waals surface area (Å²) in [6, 6.07) is 15.8. The van der Waals surface area contributed by atoms with E-state index >= 15 is 0 Å². The van der Waals surface area contributed by atoms with Crippen LogP contribution in [0.3, 0.4) is 0 Å². The standard InChI is InChI=1S/C24H23Cl2N3O5S/c1-16-7-10-18(11-8-16)35(31,32)29(22-12-9-17(33-2)13-23(22)34-3)15-24(30)28-27-14-19-20(25)5-4-6-21(19)26/h4-14H,15H2,1-3H3,(H,28,30)/b27-14-. The maximum absolute atomic E-state index is 13.6. The molecule has 0 unspecified atom stereocenters. The number of carbonyl (C=O) groups excluding carboxylic acids is 1. The van der Waals surface area contributed by atoms with Crippen LogP contribution in [-0.4, -0.2) is 41.3 Å². The normalized spacial score (nSPS) is 11.3. The molecule has 35 heavy (non-hydrogen) atoms. The summed E-state index contributed by atoms with van der Waals surface area (Å²) in [6.45, 7) is 1.27. The average molecular weight is 536 g/mol. The van der Waals surface area contributed by atoms with Crippen LogP contribution in [0.15, 0.2) is 70.7 Å². The molecule has 0 aliphatic heterocycles. The smallest absolute Gasteiger partial charge is 0.264 e. The van der Waals surface area contributed by atoms with E-state index in [0.29, 0.717) is 21.4 Å². The number of anilines is 1. The van der Waals surface area contributed by atoms with Gasteiger partial charge in [0.15, 0.2) is 0 Å². The van der Waals surface area contributed by atoms with Gasteiger partial charge in [-0.15, -0.1) is 0 Å². The fourth-order valence-corrected chi connectivity index (χ4v) is 5.02.